The second-order valence-electron chi connectivity index (χ2n) is 7.70. The Morgan fingerprint density at radius 3 is 2.50 bits per heavy atom. The van der Waals surface area contributed by atoms with Crippen LogP contribution in [0.1, 0.15) is 36.5 Å². The van der Waals surface area contributed by atoms with Crippen LogP contribution < -0.4 is 10.6 Å². The van der Waals surface area contributed by atoms with Crippen LogP contribution in [0, 0.1) is 12.8 Å². The van der Waals surface area contributed by atoms with Crippen molar-refractivity contribution in [1.29, 1.82) is 0 Å². The monoisotopic (exact) mass is 379 g/mol. The normalized spacial score (nSPS) is 17.1. The van der Waals surface area contributed by atoms with Crippen LogP contribution in [-0.2, 0) is 22.7 Å². The molecule has 1 fully saturated rings. The van der Waals surface area contributed by atoms with Crippen molar-refractivity contribution in [1.82, 2.24) is 10.2 Å². The molecule has 5 nitrogen and oxygen atoms in total. The van der Waals surface area contributed by atoms with Gasteiger partial charge in [-0.25, -0.2) is 0 Å². The molecule has 1 unspecified atom stereocenters. The standard InChI is InChI=1S/C23H29N3O2/c1-17-8-7-13-26(15-17)16-20-11-5-4-10-19(20)14-24-22(27)23(28)25-21-12-6-3-9-18(21)2/h3-6,9-12,17H,7-8,13-16H2,1-2H3,(H,24,27)(H,25,28). The third-order valence-corrected chi connectivity index (χ3v) is 5.29. The Bertz CT molecular complexity index is 834. The fraction of sp³-hybridized carbons (Fsp3) is 0.391. The number of hydrogen-bond donors (Lipinski definition) is 2. The van der Waals surface area contributed by atoms with Gasteiger partial charge in [-0.3, -0.25) is 14.5 Å². The summed E-state index contributed by atoms with van der Waals surface area (Å²) in [6.07, 6.45) is 2.53. The first-order valence-electron chi connectivity index (χ1n) is 9.97. The maximum absolute atomic E-state index is 12.2. The smallest absolute Gasteiger partial charge is 0.313 e. The molecule has 0 radical (unpaired) electrons. The average Bonchev–Trinajstić information content (AvgIpc) is 2.69. The maximum atomic E-state index is 12.2. The summed E-state index contributed by atoms with van der Waals surface area (Å²) in [6.45, 7) is 7.64. The van der Waals surface area contributed by atoms with E-state index in [0.717, 1.165) is 36.7 Å². The van der Waals surface area contributed by atoms with Crippen LogP contribution >= 0.6 is 0 Å². The zero-order chi connectivity index (χ0) is 19.9. The first-order chi connectivity index (χ1) is 13.5. The topological polar surface area (TPSA) is 61.4 Å². The van der Waals surface area contributed by atoms with Gasteiger partial charge in [0.2, 0.25) is 0 Å². The highest BCUT2D eigenvalue weighted by Gasteiger charge is 2.18. The summed E-state index contributed by atoms with van der Waals surface area (Å²) < 4.78 is 0. The molecule has 0 spiro atoms. The van der Waals surface area contributed by atoms with E-state index in [-0.39, 0.29) is 0 Å². The van der Waals surface area contributed by atoms with Crippen LogP contribution in [0.3, 0.4) is 0 Å². The summed E-state index contributed by atoms with van der Waals surface area (Å²) in [5.74, 6) is -0.535. The fourth-order valence-corrected chi connectivity index (χ4v) is 3.70. The summed E-state index contributed by atoms with van der Waals surface area (Å²) in [6, 6.07) is 15.5. The molecule has 1 atom stereocenters. The van der Waals surface area contributed by atoms with Crippen molar-refractivity contribution in [2.24, 2.45) is 5.92 Å². The van der Waals surface area contributed by atoms with E-state index in [1.165, 1.54) is 18.4 Å². The van der Waals surface area contributed by atoms with E-state index in [1.54, 1.807) is 6.07 Å². The molecule has 0 aromatic heterocycles. The highest BCUT2D eigenvalue weighted by Crippen LogP contribution is 2.19. The van der Waals surface area contributed by atoms with E-state index >= 15 is 0 Å². The number of benzene rings is 2. The molecule has 5 heteroatoms. The number of piperidine rings is 1. The Morgan fingerprint density at radius 1 is 1.04 bits per heavy atom. The number of anilines is 1. The number of aryl methyl sites for hydroxylation is 1. The van der Waals surface area contributed by atoms with Crippen molar-refractivity contribution < 1.29 is 9.59 Å². The fourth-order valence-electron chi connectivity index (χ4n) is 3.70. The molecule has 0 aliphatic carbocycles. The average molecular weight is 380 g/mol. The van der Waals surface area contributed by atoms with Gasteiger partial charge in [-0.15, -0.1) is 0 Å². The lowest BCUT2D eigenvalue weighted by molar-refractivity contribution is -0.136. The van der Waals surface area contributed by atoms with E-state index in [4.69, 9.17) is 0 Å². The van der Waals surface area contributed by atoms with Gasteiger partial charge in [-0.05, 0) is 55.0 Å². The number of hydrogen-bond acceptors (Lipinski definition) is 3. The molecule has 2 amide bonds. The summed E-state index contributed by atoms with van der Waals surface area (Å²) >= 11 is 0. The number of nitrogens with one attached hydrogen (secondary N) is 2. The minimum absolute atomic E-state index is 0.347. The van der Waals surface area contributed by atoms with Gasteiger partial charge < -0.3 is 10.6 Å². The lowest BCUT2D eigenvalue weighted by Gasteiger charge is -2.31. The molecular formula is C23H29N3O2. The minimum Gasteiger partial charge on any atom is -0.344 e. The van der Waals surface area contributed by atoms with Crippen LogP contribution in [0.15, 0.2) is 48.5 Å². The second-order valence-corrected chi connectivity index (χ2v) is 7.70. The van der Waals surface area contributed by atoms with Gasteiger partial charge >= 0.3 is 11.8 Å². The third-order valence-electron chi connectivity index (χ3n) is 5.29. The molecule has 148 valence electrons. The van der Waals surface area contributed by atoms with Crippen molar-refractivity contribution in [2.75, 3.05) is 18.4 Å². The van der Waals surface area contributed by atoms with Gasteiger partial charge in [0.05, 0.1) is 0 Å². The van der Waals surface area contributed by atoms with Crippen molar-refractivity contribution in [3.8, 4) is 0 Å². The summed E-state index contributed by atoms with van der Waals surface area (Å²) in [5, 5.41) is 5.43. The molecule has 0 bridgehead atoms. The molecule has 2 aromatic rings. The van der Waals surface area contributed by atoms with Crippen molar-refractivity contribution >= 4 is 17.5 Å². The molecule has 1 aliphatic heterocycles. The van der Waals surface area contributed by atoms with E-state index in [9.17, 15) is 9.59 Å². The SMILES string of the molecule is Cc1ccccc1NC(=O)C(=O)NCc1ccccc1CN1CCCC(C)C1. The Balaban J connectivity index is 1.57. The molecule has 1 aliphatic rings. The number of carbonyl (C=O) groups is 2. The largest absolute Gasteiger partial charge is 0.344 e. The predicted octanol–water partition coefficient (Wildman–Crippen LogP) is 3.48. The first-order valence-corrected chi connectivity index (χ1v) is 9.97. The first kappa shape index (κ1) is 20.1. The van der Waals surface area contributed by atoms with Gasteiger partial charge in [0, 0.05) is 25.3 Å². The van der Waals surface area contributed by atoms with Crippen molar-refractivity contribution in [3.05, 3.63) is 65.2 Å². The van der Waals surface area contributed by atoms with Crippen LogP contribution in [0.5, 0.6) is 0 Å². The quantitative estimate of drug-likeness (QED) is 0.782. The molecule has 0 saturated carbocycles. The van der Waals surface area contributed by atoms with Gasteiger partial charge in [-0.2, -0.15) is 0 Å². The predicted molar refractivity (Wildman–Crippen MR) is 112 cm³/mol. The summed E-state index contributed by atoms with van der Waals surface area (Å²) in [5.41, 5.74) is 3.83. The summed E-state index contributed by atoms with van der Waals surface area (Å²) in [4.78, 5) is 26.9. The van der Waals surface area contributed by atoms with Crippen LogP contribution in [0.4, 0.5) is 5.69 Å². The van der Waals surface area contributed by atoms with E-state index in [1.807, 2.05) is 43.3 Å². The third kappa shape index (κ3) is 5.42. The number of amides is 2. The zero-order valence-corrected chi connectivity index (χ0v) is 16.7. The Hall–Kier alpha value is -2.66. The Labute approximate surface area is 167 Å². The van der Waals surface area contributed by atoms with Crippen molar-refractivity contribution in [2.45, 2.75) is 39.8 Å². The van der Waals surface area contributed by atoms with E-state index < -0.39 is 11.8 Å². The molecular weight excluding hydrogens is 350 g/mol. The number of carbonyl (C=O) groups excluding carboxylic acids is 2. The van der Waals surface area contributed by atoms with Crippen LogP contribution in [-0.4, -0.2) is 29.8 Å². The van der Waals surface area contributed by atoms with Gasteiger partial charge in [-0.1, -0.05) is 49.4 Å². The van der Waals surface area contributed by atoms with Gasteiger partial charge in [0.15, 0.2) is 0 Å². The molecule has 28 heavy (non-hydrogen) atoms. The van der Waals surface area contributed by atoms with Crippen molar-refractivity contribution in [3.63, 3.8) is 0 Å². The van der Waals surface area contributed by atoms with E-state index in [0.29, 0.717) is 12.2 Å². The van der Waals surface area contributed by atoms with Crippen LogP contribution in [0.25, 0.3) is 0 Å². The van der Waals surface area contributed by atoms with Gasteiger partial charge in [0.1, 0.15) is 0 Å². The van der Waals surface area contributed by atoms with Gasteiger partial charge in [0.25, 0.3) is 0 Å². The molecule has 3 rings (SSSR count). The van der Waals surface area contributed by atoms with E-state index in [2.05, 4.69) is 28.5 Å². The zero-order valence-electron chi connectivity index (χ0n) is 16.7. The minimum atomic E-state index is -0.642. The lowest BCUT2D eigenvalue weighted by Crippen LogP contribution is -2.36. The lowest BCUT2D eigenvalue weighted by atomic mass is 9.99. The second kappa shape index (κ2) is 9.51. The number of likely N-dealkylation sites (tertiary alicyclic amines) is 1. The summed E-state index contributed by atoms with van der Waals surface area (Å²) in [7, 11) is 0. The Morgan fingerprint density at radius 2 is 1.75 bits per heavy atom. The number of rotatable bonds is 5. The molecule has 2 N–H and O–H groups in total. The molecule has 1 saturated heterocycles. The molecule has 1 heterocycles. The Kier molecular flexibility index (Phi) is 6.82. The van der Waals surface area contributed by atoms with Crippen LogP contribution in [0.2, 0.25) is 0 Å². The highest BCUT2D eigenvalue weighted by molar-refractivity contribution is 6.39. The molecule has 2 aromatic carbocycles. The highest BCUT2D eigenvalue weighted by atomic mass is 16.2. The maximum Gasteiger partial charge on any atom is 0.313 e. The number of nitrogens with zero attached hydrogens (tertiary/aromatic N) is 1. The number of para-hydroxylation sites is 1.